The summed E-state index contributed by atoms with van der Waals surface area (Å²) in [7, 11) is 0. The van der Waals surface area contributed by atoms with Crippen LogP contribution in [0.1, 0.15) is 5.69 Å². The smallest absolute Gasteiger partial charge is 0.162 e. The fourth-order valence-electron chi connectivity index (χ4n) is 1.51. The number of thiazole rings is 1. The van der Waals surface area contributed by atoms with E-state index in [1.165, 1.54) is 0 Å². The molecule has 3 rings (SSSR count). The summed E-state index contributed by atoms with van der Waals surface area (Å²) in [5.74, 6) is 1.60. The van der Waals surface area contributed by atoms with E-state index >= 15 is 0 Å². The van der Waals surface area contributed by atoms with E-state index in [1.807, 2.05) is 29.6 Å². The summed E-state index contributed by atoms with van der Waals surface area (Å²) in [5.41, 5.74) is 7.31. The molecule has 0 bridgehead atoms. The monoisotopic (exact) mass is 289 g/mol. The van der Waals surface area contributed by atoms with Gasteiger partial charge in [0.15, 0.2) is 10.8 Å². The molecule has 3 aromatic heterocycles. The van der Waals surface area contributed by atoms with Crippen LogP contribution in [0.3, 0.4) is 0 Å². The number of furan rings is 1. The van der Waals surface area contributed by atoms with Gasteiger partial charge in [-0.25, -0.2) is 9.97 Å². The first kappa shape index (κ1) is 12.3. The number of hydrogen-bond donors (Lipinski definition) is 1. The molecule has 0 atom stereocenters. The molecule has 0 aliphatic heterocycles. The van der Waals surface area contributed by atoms with Gasteiger partial charge in [0.1, 0.15) is 0 Å². The molecule has 0 aromatic carbocycles. The van der Waals surface area contributed by atoms with E-state index in [-0.39, 0.29) is 0 Å². The largest absolute Gasteiger partial charge is 0.462 e. The lowest BCUT2D eigenvalue weighted by atomic mass is 10.4. The molecule has 0 aliphatic carbocycles. The third kappa shape index (κ3) is 2.97. The molecule has 0 saturated heterocycles. The molecule has 2 N–H and O–H groups in total. The van der Waals surface area contributed by atoms with Crippen LogP contribution in [0.5, 0.6) is 0 Å². The summed E-state index contributed by atoms with van der Waals surface area (Å²) < 4.78 is 5.32. The number of anilines is 1. The van der Waals surface area contributed by atoms with Crippen LogP contribution in [0.15, 0.2) is 51.5 Å². The predicted octanol–water partition coefficient (Wildman–Crippen LogP) is 3.67. The Kier molecular flexibility index (Phi) is 3.52. The normalized spacial score (nSPS) is 10.7. The number of hydrogen-bond acceptors (Lipinski definition) is 6. The van der Waals surface area contributed by atoms with E-state index in [9.17, 15) is 0 Å². The summed E-state index contributed by atoms with van der Waals surface area (Å²) in [5, 5.41) is 3.90. The average Bonchev–Trinajstić information content (AvgIpc) is 3.09. The van der Waals surface area contributed by atoms with Crippen molar-refractivity contribution >= 4 is 28.8 Å². The second-order valence-electron chi connectivity index (χ2n) is 3.84. The Morgan fingerprint density at radius 2 is 2.26 bits per heavy atom. The Morgan fingerprint density at radius 3 is 3.00 bits per heavy atom. The molecule has 0 unspecified atom stereocenters. The van der Waals surface area contributed by atoms with Gasteiger partial charge >= 0.3 is 0 Å². The SMILES string of the molecule is Nc1ccc(SCc2csc(-c3ccco3)n2)nc1. The third-order valence-corrected chi connectivity index (χ3v) is 4.29. The first-order valence-electron chi connectivity index (χ1n) is 5.64. The number of nitrogens with zero attached hydrogens (tertiary/aromatic N) is 2. The zero-order valence-corrected chi connectivity index (χ0v) is 11.6. The topological polar surface area (TPSA) is 64.9 Å². The highest BCUT2D eigenvalue weighted by Gasteiger charge is 2.07. The van der Waals surface area contributed by atoms with E-state index in [4.69, 9.17) is 10.2 Å². The van der Waals surface area contributed by atoms with Gasteiger partial charge in [-0.3, -0.25) is 0 Å². The van der Waals surface area contributed by atoms with Gasteiger partial charge in [-0.1, -0.05) is 0 Å². The second-order valence-corrected chi connectivity index (χ2v) is 5.69. The van der Waals surface area contributed by atoms with Crippen LogP contribution in [0, 0.1) is 0 Å². The van der Waals surface area contributed by atoms with Gasteiger partial charge in [-0.05, 0) is 24.3 Å². The number of aromatic nitrogens is 2. The van der Waals surface area contributed by atoms with Crippen molar-refractivity contribution in [1.82, 2.24) is 9.97 Å². The minimum absolute atomic E-state index is 0.679. The van der Waals surface area contributed by atoms with E-state index in [0.29, 0.717) is 5.69 Å². The maximum atomic E-state index is 5.60. The van der Waals surface area contributed by atoms with Gasteiger partial charge in [0.05, 0.1) is 28.9 Å². The maximum Gasteiger partial charge on any atom is 0.162 e. The fourth-order valence-corrected chi connectivity index (χ4v) is 3.14. The van der Waals surface area contributed by atoms with Gasteiger partial charge < -0.3 is 10.2 Å². The molecular weight excluding hydrogens is 278 g/mol. The zero-order chi connectivity index (χ0) is 13.1. The van der Waals surface area contributed by atoms with Crippen LogP contribution in [0.4, 0.5) is 5.69 Å². The Bertz CT molecular complexity index is 647. The van der Waals surface area contributed by atoms with Crippen LogP contribution in [0.2, 0.25) is 0 Å². The molecule has 19 heavy (non-hydrogen) atoms. The minimum Gasteiger partial charge on any atom is -0.462 e. The van der Waals surface area contributed by atoms with Crippen molar-refractivity contribution in [3.05, 3.63) is 47.8 Å². The summed E-state index contributed by atoms with van der Waals surface area (Å²) in [4.78, 5) is 8.78. The Hall–Kier alpha value is -1.79. The first-order valence-corrected chi connectivity index (χ1v) is 7.50. The quantitative estimate of drug-likeness (QED) is 0.742. The molecular formula is C13H11N3OS2. The van der Waals surface area contributed by atoms with Gasteiger partial charge in [0.2, 0.25) is 0 Å². The van der Waals surface area contributed by atoms with Crippen LogP contribution in [-0.4, -0.2) is 9.97 Å². The molecule has 0 saturated carbocycles. The van der Waals surface area contributed by atoms with Crippen molar-refractivity contribution in [1.29, 1.82) is 0 Å². The van der Waals surface area contributed by atoms with Gasteiger partial charge in [-0.15, -0.1) is 23.1 Å². The zero-order valence-electron chi connectivity index (χ0n) is 9.95. The molecule has 0 aliphatic rings. The minimum atomic E-state index is 0.679. The molecule has 0 fully saturated rings. The summed E-state index contributed by atoms with van der Waals surface area (Å²) in [6.07, 6.45) is 3.32. The highest BCUT2D eigenvalue weighted by Crippen LogP contribution is 2.27. The lowest BCUT2D eigenvalue weighted by molar-refractivity contribution is 0.581. The first-order chi connectivity index (χ1) is 9.31. The summed E-state index contributed by atoms with van der Waals surface area (Å²) in [6.45, 7) is 0. The van der Waals surface area contributed by atoms with Crippen LogP contribution in [0.25, 0.3) is 10.8 Å². The third-order valence-electron chi connectivity index (χ3n) is 2.41. The maximum absolute atomic E-state index is 5.60. The van der Waals surface area contributed by atoms with E-state index in [2.05, 4.69) is 9.97 Å². The van der Waals surface area contributed by atoms with E-state index in [0.717, 1.165) is 27.2 Å². The molecule has 6 heteroatoms. The molecule has 3 aromatic rings. The van der Waals surface area contributed by atoms with Crippen LogP contribution >= 0.6 is 23.1 Å². The van der Waals surface area contributed by atoms with Gasteiger partial charge in [0.25, 0.3) is 0 Å². The molecule has 96 valence electrons. The highest BCUT2D eigenvalue weighted by atomic mass is 32.2. The lowest BCUT2D eigenvalue weighted by Gasteiger charge is -1.98. The Morgan fingerprint density at radius 1 is 1.32 bits per heavy atom. The number of pyridine rings is 1. The second kappa shape index (κ2) is 5.46. The number of rotatable bonds is 4. The number of thioether (sulfide) groups is 1. The van der Waals surface area contributed by atoms with E-state index in [1.54, 1.807) is 35.6 Å². The number of nitrogen functional groups attached to an aromatic ring is 1. The van der Waals surface area contributed by atoms with Crippen LogP contribution < -0.4 is 5.73 Å². The lowest BCUT2D eigenvalue weighted by Crippen LogP contribution is -1.87. The molecule has 0 radical (unpaired) electrons. The van der Waals surface area contributed by atoms with Crippen molar-refractivity contribution in [3.8, 4) is 10.8 Å². The molecule has 4 nitrogen and oxygen atoms in total. The fraction of sp³-hybridized carbons (Fsp3) is 0.0769. The Balaban J connectivity index is 1.66. The predicted molar refractivity (Wildman–Crippen MR) is 78.0 cm³/mol. The van der Waals surface area contributed by atoms with Crippen molar-refractivity contribution in [2.75, 3.05) is 5.73 Å². The average molecular weight is 289 g/mol. The Labute approximate surface area is 118 Å². The van der Waals surface area contributed by atoms with Crippen molar-refractivity contribution in [2.24, 2.45) is 0 Å². The van der Waals surface area contributed by atoms with Gasteiger partial charge in [0, 0.05) is 11.1 Å². The molecule has 0 spiro atoms. The summed E-state index contributed by atoms with van der Waals surface area (Å²) >= 11 is 3.23. The highest BCUT2D eigenvalue weighted by molar-refractivity contribution is 7.98. The molecule has 0 amide bonds. The van der Waals surface area contributed by atoms with E-state index < -0.39 is 0 Å². The van der Waals surface area contributed by atoms with Crippen molar-refractivity contribution < 1.29 is 4.42 Å². The summed E-state index contributed by atoms with van der Waals surface area (Å²) in [6, 6.07) is 7.55. The van der Waals surface area contributed by atoms with Crippen molar-refractivity contribution in [2.45, 2.75) is 10.8 Å². The molecule has 3 heterocycles. The number of nitrogens with two attached hydrogens (primary N) is 1. The van der Waals surface area contributed by atoms with Gasteiger partial charge in [-0.2, -0.15) is 0 Å². The van der Waals surface area contributed by atoms with Crippen molar-refractivity contribution in [3.63, 3.8) is 0 Å². The standard InChI is InChI=1S/C13H11N3OS2/c14-9-3-4-12(15-6-9)18-7-10-8-19-13(16-10)11-2-1-5-17-11/h1-6,8H,7,14H2. The van der Waals surface area contributed by atoms with Crippen LogP contribution in [-0.2, 0) is 5.75 Å².